The highest BCUT2D eigenvalue weighted by molar-refractivity contribution is 5.58. The summed E-state index contributed by atoms with van der Waals surface area (Å²) in [6, 6.07) is 19.9. The number of pyridine rings is 2. The summed E-state index contributed by atoms with van der Waals surface area (Å²) in [6.07, 6.45) is 3.63. The molecule has 2 aromatic heterocycles. The molecule has 0 N–H and O–H groups in total. The molecule has 0 saturated heterocycles. The fourth-order valence-corrected chi connectivity index (χ4v) is 2.49. The molecule has 0 amide bonds. The lowest BCUT2D eigenvalue weighted by Crippen LogP contribution is -2.23. The SMILES string of the molecule is COc1ccccc1N(Cc1ccccn1)Cc1ccccn1. The van der Waals surface area contributed by atoms with Crippen molar-refractivity contribution in [3.63, 3.8) is 0 Å². The van der Waals surface area contributed by atoms with Gasteiger partial charge in [0, 0.05) is 12.4 Å². The van der Waals surface area contributed by atoms with Crippen LogP contribution in [0.15, 0.2) is 73.1 Å². The van der Waals surface area contributed by atoms with Crippen LogP contribution in [0.3, 0.4) is 0 Å². The monoisotopic (exact) mass is 305 g/mol. The Morgan fingerprint density at radius 1 is 0.783 bits per heavy atom. The van der Waals surface area contributed by atoms with Gasteiger partial charge < -0.3 is 9.64 Å². The van der Waals surface area contributed by atoms with Crippen LogP contribution in [0, 0.1) is 0 Å². The maximum Gasteiger partial charge on any atom is 0.142 e. The normalized spacial score (nSPS) is 10.3. The van der Waals surface area contributed by atoms with E-state index >= 15 is 0 Å². The van der Waals surface area contributed by atoms with Gasteiger partial charge in [-0.05, 0) is 36.4 Å². The molecule has 0 aliphatic heterocycles. The van der Waals surface area contributed by atoms with Crippen molar-refractivity contribution in [1.29, 1.82) is 0 Å². The number of ether oxygens (including phenoxy) is 1. The van der Waals surface area contributed by atoms with E-state index in [2.05, 4.69) is 20.9 Å². The van der Waals surface area contributed by atoms with Crippen molar-refractivity contribution in [2.24, 2.45) is 0 Å². The number of para-hydroxylation sites is 2. The molecule has 0 radical (unpaired) electrons. The Hall–Kier alpha value is -2.88. The fourth-order valence-electron chi connectivity index (χ4n) is 2.49. The predicted molar refractivity (Wildman–Crippen MR) is 91.4 cm³/mol. The molecule has 3 aromatic rings. The zero-order valence-electron chi connectivity index (χ0n) is 13.1. The molecule has 0 fully saturated rings. The van der Waals surface area contributed by atoms with E-state index in [1.165, 1.54) is 0 Å². The molecular weight excluding hydrogens is 286 g/mol. The molecule has 0 unspecified atom stereocenters. The third kappa shape index (κ3) is 3.86. The lowest BCUT2D eigenvalue weighted by molar-refractivity contribution is 0.414. The number of aromatic nitrogens is 2. The van der Waals surface area contributed by atoms with Crippen molar-refractivity contribution in [2.45, 2.75) is 13.1 Å². The Labute approximate surface area is 136 Å². The third-order valence-electron chi connectivity index (χ3n) is 3.58. The lowest BCUT2D eigenvalue weighted by atomic mass is 10.2. The largest absolute Gasteiger partial charge is 0.495 e. The second-order valence-electron chi connectivity index (χ2n) is 5.17. The molecule has 3 rings (SSSR count). The molecule has 0 saturated carbocycles. The van der Waals surface area contributed by atoms with Crippen LogP contribution in [0.25, 0.3) is 0 Å². The molecule has 0 spiro atoms. The second-order valence-corrected chi connectivity index (χ2v) is 5.17. The predicted octanol–water partition coefficient (Wildman–Crippen LogP) is 3.69. The minimum absolute atomic E-state index is 0.692. The number of anilines is 1. The Bertz CT molecular complexity index is 690. The summed E-state index contributed by atoms with van der Waals surface area (Å²) in [6.45, 7) is 1.38. The smallest absolute Gasteiger partial charge is 0.142 e. The van der Waals surface area contributed by atoms with Crippen molar-refractivity contribution < 1.29 is 4.74 Å². The molecular formula is C19H19N3O. The van der Waals surface area contributed by atoms with Crippen LogP contribution in [-0.4, -0.2) is 17.1 Å². The highest BCUT2D eigenvalue weighted by atomic mass is 16.5. The molecule has 0 atom stereocenters. The van der Waals surface area contributed by atoms with Gasteiger partial charge in [-0.1, -0.05) is 24.3 Å². The summed E-state index contributed by atoms with van der Waals surface area (Å²) in [5.74, 6) is 0.847. The van der Waals surface area contributed by atoms with Crippen LogP contribution in [0.5, 0.6) is 5.75 Å². The molecule has 0 aliphatic carbocycles. The van der Waals surface area contributed by atoms with Crippen molar-refractivity contribution in [1.82, 2.24) is 9.97 Å². The summed E-state index contributed by atoms with van der Waals surface area (Å²) in [4.78, 5) is 11.1. The van der Waals surface area contributed by atoms with Crippen molar-refractivity contribution in [2.75, 3.05) is 12.0 Å². The first-order chi connectivity index (χ1) is 11.4. The van der Waals surface area contributed by atoms with E-state index in [-0.39, 0.29) is 0 Å². The topological polar surface area (TPSA) is 38.2 Å². The zero-order valence-corrected chi connectivity index (χ0v) is 13.1. The zero-order chi connectivity index (χ0) is 15.9. The van der Waals surface area contributed by atoms with E-state index in [1.807, 2.05) is 67.0 Å². The second kappa shape index (κ2) is 7.40. The highest BCUT2D eigenvalue weighted by Gasteiger charge is 2.14. The van der Waals surface area contributed by atoms with Crippen LogP contribution in [0.1, 0.15) is 11.4 Å². The van der Waals surface area contributed by atoms with Crippen LogP contribution in [-0.2, 0) is 13.1 Å². The van der Waals surface area contributed by atoms with Crippen molar-refractivity contribution in [3.05, 3.63) is 84.4 Å². The lowest BCUT2D eigenvalue weighted by Gasteiger charge is -2.26. The summed E-state index contributed by atoms with van der Waals surface area (Å²) >= 11 is 0. The number of benzene rings is 1. The maximum atomic E-state index is 5.52. The minimum Gasteiger partial charge on any atom is -0.495 e. The Balaban J connectivity index is 1.92. The summed E-state index contributed by atoms with van der Waals surface area (Å²) < 4.78 is 5.52. The van der Waals surface area contributed by atoms with Gasteiger partial charge in [0.05, 0.1) is 37.3 Å². The van der Waals surface area contributed by atoms with E-state index in [4.69, 9.17) is 4.74 Å². The third-order valence-corrected chi connectivity index (χ3v) is 3.58. The number of nitrogens with zero attached hydrogens (tertiary/aromatic N) is 3. The fraction of sp³-hybridized carbons (Fsp3) is 0.158. The summed E-state index contributed by atoms with van der Waals surface area (Å²) in [7, 11) is 1.69. The van der Waals surface area contributed by atoms with Crippen LogP contribution >= 0.6 is 0 Å². The molecule has 1 aromatic carbocycles. The number of hydrogen-bond acceptors (Lipinski definition) is 4. The molecule has 23 heavy (non-hydrogen) atoms. The number of rotatable bonds is 6. The van der Waals surface area contributed by atoms with Crippen LogP contribution in [0.2, 0.25) is 0 Å². The van der Waals surface area contributed by atoms with Crippen molar-refractivity contribution in [3.8, 4) is 5.75 Å². The molecule has 4 heteroatoms. The van der Waals surface area contributed by atoms with Gasteiger partial charge in [0.1, 0.15) is 5.75 Å². The molecule has 0 aliphatic rings. The van der Waals surface area contributed by atoms with E-state index in [0.717, 1.165) is 22.8 Å². The van der Waals surface area contributed by atoms with Gasteiger partial charge in [-0.25, -0.2) is 0 Å². The first kappa shape index (κ1) is 15.0. The number of hydrogen-bond donors (Lipinski definition) is 0. The average Bonchev–Trinajstić information content (AvgIpc) is 2.63. The van der Waals surface area contributed by atoms with Gasteiger partial charge in [-0.2, -0.15) is 0 Å². The van der Waals surface area contributed by atoms with Crippen LogP contribution < -0.4 is 9.64 Å². The van der Waals surface area contributed by atoms with Crippen LogP contribution in [0.4, 0.5) is 5.69 Å². The standard InChI is InChI=1S/C19H19N3O/c1-23-19-11-3-2-10-18(19)22(14-16-8-4-6-12-20-16)15-17-9-5-7-13-21-17/h2-13H,14-15H2,1H3. The van der Waals surface area contributed by atoms with Gasteiger partial charge in [0.2, 0.25) is 0 Å². The van der Waals surface area contributed by atoms with Gasteiger partial charge >= 0.3 is 0 Å². The average molecular weight is 305 g/mol. The van der Waals surface area contributed by atoms with E-state index in [9.17, 15) is 0 Å². The van der Waals surface area contributed by atoms with Crippen molar-refractivity contribution >= 4 is 5.69 Å². The maximum absolute atomic E-state index is 5.52. The molecule has 0 bridgehead atoms. The molecule has 2 heterocycles. The summed E-state index contributed by atoms with van der Waals surface area (Å²) in [5, 5.41) is 0. The van der Waals surface area contributed by atoms with E-state index in [1.54, 1.807) is 7.11 Å². The Morgan fingerprint density at radius 2 is 1.35 bits per heavy atom. The minimum atomic E-state index is 0.692. The van der Waals surface area contributed by atoms with Gasteiger partial charge in [-0.15, -0.1) is 0 Å². The van der Waals surface area contributed by atoms with Gasteiger partial charge in [0.25, 0.3) is 0 Å². The Morgan fingerprint density at radius 3 is 1.87 bits per heavy atom. The first-order valence-electron chi connectivity index (χ1n) is 7.54. The first-order valence-corrected chi connectivity index (χ1v) is 7.54. The van der Waals surface area contributed by atoms with Gasteiger partial charge in [-0.3, -0.25) is 9.97 Å². The van der Waals surface area contributed by atoms with E-state index < -0.39 is 0 Å². The van der Waals surface area contributed by atoms with E-state index in [0.29, 0.717) is 13.1 Å². The molecule has 4 nitrogen and oxygen atoms in total. The van der Waals surface area contributed by atoms with Gasteiger partial charge in [0.15, 0.2) is 0 Å². The Kier molecular flexibility index (Phi) is 4.84. The molecule has 116 valence electrons. The number of methoxy groups -OCH3 is 1. The highest BCUT2D eigenvalue weighted by Crippen LogP contribution is 2.29. The summed E-state index contributed by atoms with van der Waals surface area (Å²) in [5.41, 5.74) is 3.05. The quantitative estimate of drug-likeness (QED) is 0.696.